The van der Waals surface area contributed by atoms with E-state index in [0.717, 1.165) is 37.0 Å². The monoisotopic (exact) mass is 581 g/mol. The van der Waals surface area contributed by atoms with E-state index >= 15 is 0 Å². The van der Waals surface area contributed by atoms with Gasteiger partial charge in [-0.1, -0.05) is 12.1 Å². The molecular weight excluding hydrogens is 546 g/mol. The molecule has 0 bridgehead atoms. The summed E-state index contributed by atoms with van der Waals surface area (Å²) in [6.45, 7) is 3.49. The highest BCUT2D eigenvalue weighted by atomic mass is 16.5. The lowest BCUT2D eigenvalue weighted by atomic mass is 10.0. The summed E-state index contributed by atoms with van der Waals surface area (Å²) < 4.78 is 17.0. The van der Waals surface area contributed by atoms with E-state index in [4.69, 9.17) is 14.2 Å². The fraction of sp³-hybridized carbons (Fsp3) is 0.242. The molecule has 2 heterocycles. The average molecular weight is 582 g/mol. The van der Waals surface area contributed by atoms with Crippen LogP contribution < -0.4 is 35.1 Å². The number of nitrogens with zero attached hydrogens (tertiary/aromatic N) is 2. The first-order valence-corrected chi connectivity index (χ1v) is 14.1. The van der Waals surface area contributed by atoms with Crippen LogP contribution in [0.3, 0.4) is 0 Å². The Morgan fingerprint density at radius 2 is 1.70 bits per heavy atom. The van der Waals surface area contributed by atoms with Gasteiger partial charge in [0.1, 0.15) is 11.5 Å². The summed E-state index contributed by atoms with van der Waals surface area (Å²) in [5, 5.41) is 9.56. The first-order valence-electron chi connectivity index (χ1n) is 14.1. The molecular formula is C33H35N5O5. The van der Waals surface area contributed by atoms with Crippen LogP contribution in [0, 0.1) is 0 Å². The fourth-order valence-electron chi connectivity index (χ4n) is 5.08. The highest BCUT2D eigenvalue weighted by Crippen LogP contribution is 2.37. The summed E-state index contributed by atoms with van der Waals surface area (Å²) in [7, 11) is 3.16. The maximum absolute atomic E-state index is 12.8. The second kappa shape index (κ2) is 13.6. The molecule has 1 aliphatic rings. The third kappa shape index (κ3) is 7.34. The largest absolute Gasteiger partial charge is 0.493 e. The Labute approximate surface area is 250 Å². The minimum atomic E-state index is -0.374. The van der Waals surface area contributed by atoms with Gasteiger partial charge in [0.15, 0.2) is 11.5 Å². The lowest BCUT2D eigenvalue weighted by Crippen LogP contribution is -2.47. The van der Waals surface area contributed by atoms with E-state index in [2.05, 4.69) is 25.8 Å². The van der Waals surface area contributed by atoms with Crippen molar-refractivity contribution in [2.24, 2.45) is 0 Å². The highest BCUT2D eigenvalue weighted by molar-refractivity contribution is 6.00. The van der Waals surface area contributed by atoms with Crippen LogP contribution in [0.1, 0.15) is 19.8 Å². The quantitative estimate of drug-likeness (QED) is 0.197. The molecule has 4 aromatic rings. The zero-order chi connectivity index (χ0) is 30.2. The average Bonchev–Trinajstić information content (AvgIpc) is 3.01. The normalized spacial score (nSPS) is 14.8. The molecule has 10 heteroatoms. The number of fused-ring (bicyclic) bond motifs is 1. The molecule has 0 aliphatic carbocycles. The standard InChI is InChI=1S/C33H35N5O5/c1-4-7-32(39)35-24-9-6-17-38(21-24)25-13-11-22(12-14-25)36-33(40)37-23-8-5-10-26(18-23)43-29-15-16-34-28-20-31(42-3)30(41-2)19-27(28)29/h4-5,7-8,10-16,18-20,24H,6,9,17,21H2,1-3H3,(H,35,39)(H2,36,37,40)/b7-4+. The summed E-state index contributed by atoms with van der Waals surface area (Å²) in [5.74, 6) is 2.22. The van der Waals surface area contributed by atoms with Gasteiger partial charge in [0.05, 0.1) is 19.7 Å². The van der Waals surface area contributed by atoms with Gasteiger partial charge in [0, 0.05) is 59.9 Å². The van der Waals surface area contributed by atoms with Gasteiger partial charge >= 0.3 is 6.03 Å². The number of methoxy groups -OCH3 is 2. The van der Waals surface area contributed by atoms with Crippen molar-refractivity contribution in [2.75, 3.05) is 42.8 Å². The molecule has 5 rings (SSSR count). The van der Waals surface area contributed by atoms with Crippen molar-refractivity contribution in [3.05, 3.63) is 85.1 Å². The van der Waals surface area contributed by atoms with E-state index in [1.807, 2.05) is 43.3 Å². The van der Waals surface area contributed by atoms with Crippen molar-refractivity contribution >= 4 is 39.9 Å². The first-order chi connectivity index (χ1) is 20.9. The predicted octanol–water partition coefficient (Wildman–Crippen LogP) is 6.35. The molecule has 1 saturated heterocycles. The molecule has 1 aromatic heterocycles. The van der Waals surface area contributed by atoms with Gasteiger partial charge in [-0.25, -0.2) is 4.79 Å². The van der Waals surface area contributed by atoms with Crippen molar-refractivity contribution < 1.29 is 23.8 Å². The summed E-state index contributed by atoms with van der Waals surface area (Å²) in [4.78, 5) is 31.4. The number of carbonyl (C=O) groups is 2. The summed E-state index contributed by atoms with van der Waals surface area (Å²) in [6, 6.07) is 20.0. The lowest BCUT2D eigenvalue weighted by molar-refractivity contribution is -0.117. The minimum Gasteiger partial charge on any atom is -0.493 e. The third-order valence-electron chi connectivity index (χ3n) is 7.10. The van der Waals surface area contributed by atoms with Crippen LogP contribution >= 0.6 is 0 Å². The molecule has 3 N–H and O–H groups in total. The van der Waals surface area contributed by atoms with Gasteiger partial charge < -0.3 is 35.1 Å². The number of hydrogen-bond acceptors (Lipinski definition) is 7. The summed E-state index contributed by atoms with van der Waals surface area (Å²) in [6.07, 6.45) is 6.90. The van der Waals surface area contributed by atoms with E-state index < -0.39 is 0 Å². The van der Waals surface area contributed by atoms with Crippen molar-refractivity contribution in [1.29, 1.82) is 0 Å². The molecule has 0 radical (unpaired) electrons. The smallest absolute Gasteiger partial charge is 0.323 e. The maximum atomic E-state index is 12.8. The summed E-state index contributed by atoms with van der Waals surface area (Å²) >= 11 is 0. The number of aromatic nitrogens is 1. The molecule has 0 saturated carbocycles. The molecule has 1 fully saturated rings. The van der Waals surface area contributed by atoms with Crippen molar-refractivity contribution in [3.63, 3.8) is 0 Å². The van der Waals surface area contributed by atoms with E-state index in [-0.39, 0.29) is 18.0 Å². The Morgan fingerprint density at radius 1 is 0.930 bits per heavy atom. The molecule has 222 valence electrons. The zero-order valence-corrected chi connectivity index (χ0v) is 24.4. The number of nitrogens with one attached hydrogen (secondary N) is 3. The van der Waals surface area contributed by atoms with Crippen molar-refractivity contribution in [3.8, 4) is 23.0 Å². The van der Waals surface area contributed by atoms with Crippen LogP contribution in [0.5, 0.6) is 23.0 Å². The topological polar surface area (TPSA) is 114 Å². The number of piperidine rings is 1. The fourth-order valence-corrected chi connectivity index (χ4v) is 5.08. The van der Waals surface area contributed by atoms with E-state index in [1.165, 1.54) is 0 Å². The molecule has 0 spiro atoms. The Hall–Kier alpha value is -5.25. The van der Waals surface area contributed by atoms with Gasteiger partial charge in [0.25, 0.3) is 0 Å². The molecule has 1 unspecified atom stereocenters. The van der Waals surface area contributed by atoms with E-state index in [0.29, 0.717) is 39.9 Å². The number of ether oxygens (including phenoxy) is 3. The summed E-state index contributed by atoms with van der Waals surface area (Å²) in [5.41, 5.74) is 2.98. The zero-order valence-electron chi connectivity index (χ0n) is 24.4. The number of benzene rings is 3. The Balaban J connectivity index is 1.20. The number of amides is 3. The molecule has 1 atom stereocenters. The third-order valence-corrected chi connectivity index (χ3v) is 7.10. The van der Waals surface area contributed by atoms with Crippen molar-refractivity contribution in [2.45, 2.75) is 25.8 Å². The molecule has 10 nitrogen and oxygen atoms in total. The van der Waals surface area contributed by atoms with Gasteiger partial charge in [-0.3, -0.25) is 9.78 Å². The minimum absolute atomic E-state index is 0.0652. The van der Waals surface area contributed by atoms with E-state index in [9.17, 15) is 9.59 Å². The van der Waals surface area contributed by atoms with Gasteiger partial charge in [-0.2, -0.15) is 0 Å². The van der Waals surface area contributed by atoms with Crippen LogP contribution in [0.25, 0.3) is 10.9 Å². The maximum Gasteiger partial charge on any atom is 0.323 e. The van der Waals surface area contributed by atoms with Crippen LogP contribution in [-0.2, 0) is 4.79 Å². The van der Waals surface area contributed by atoms with Crippen LogP contribution in [0.4, 0.5) is 21.9 Å². The Bertz CT molecular complexity index is 1620. The molecule has 3 aromatic carbocycles. The van der Waals surface area contributed by atoms with Crippen LogP contribution in [0.2, 0.25) is 0 Å². The molecule has 3 amide bonds. The van der Waals surface area contributed by atoms with Gasteiger partial charge in [0.2, 0.25) is 5.91 Å². The Kier molecular flexibility index (Phi) is 9.26. The van der Waals surface area contributed by atoms with Crippen LogP contribution in [0.15, 0.2) is 85.1 Å². The molecule has 43 heavy (non-hydrogen) atoms. The van der Waals surface area contributed by atoms with Gasteiger partial charge in [-0.05, 0) is 74.4 Å². The van der Waals surface area contributed by atoms with Gasteiger partial charge in [-0.15, -0.1) is 0 Å². The number of urea groups is 1. The second-order valence-corrected chi connectivity index (χ2v) is 10.1. The number of carbonyl (C=O) groups excluding carboxylic acids is 2. The number of pyridine rings is 1. The predicted molar refractivity (Wildman–Crippen MR) is 169 cm³/mol. The Morgan fingerprint density at radius 3 is 2.47 bits per heavy atom. The van der Waals surface area contributed by atoms with Crippen molar-refractivity contribution in [1.82, 2.24) is 10.3 Å². The SMILES string of the molecule is C/C=C/C(=O)NC1CCCN(c2ccc(NC(=O)Nc3cccc(Oc4ccnc5cc(OC)c(OC)cc45)c3)cc2)C1. The van der Waals surface area contributed by atoms with E-state index in [1.54, 1.807) is 62.9 Å². The highest BCUT2D eigenvalue weighted by Gasteiger charge is 2.21. The number of anilines is 3. The second-order valence-electron chi connectivity index (χ2n) is 10.1. The number of hydrogen-bond donors (Lipinski definition) is 3. The lowest BCUT2D eigenvalue weighted by Gasteiger charge is -2.34. The first kappa shape index (κ1) is 29.2. The molecule has 1 aliphatic heterocycles. The number of allylic oxidation sites excluding steroid dienone is 1. The van der Waals surface area contributed by atoms with Crippen LogP contribution in [-0.4, -0.2) is 50.3 Å². The number of rotatable bonds is 9.